The molecule has 0 saturated carbocycles. The molecule has 4 rings (SSSR count). The van der Waals surface area contributed by atoms with Gasteiger partial charge in [0.15, 0.2) is 0 Å². The summed E-state index contributed by atoms with van der Waals surface area (Å²) in [5, 5.41) is 20.3. The van der Waals surface area contributed by atoms with E-state index in [1.165, 1.54) is 0 Å². The zero-order chi connectivity index (χ0) is 19.5. The molecule has 2 heterocycles. The molecule has 2 aromatic carbocycles. The number of amides is 1. The summed E-state index contributed by atoms with van der Waals surface area (Å²) in [6.07, 6.45) is -0.0365. The number of rotatable bonds is 5. The Morgan fingerprint density at radius 2 is 1.86 bits per heavy atom. The lowest BCUT2D eigenvalue weighted by molar-refractivity contribution is -0.124. The average Bonchev–Trinajstić information content (AvgIpc) is 3.36. The quantitative estimate of drug-likeness (QED) is 0.570. The number of halogens is 2. The van der Waals surface area contributed by atoms with Crippen molar-refractivity contribution >= 4 is 29.9 Å². The summed E-state index contributed by atoms with van der Waals surface area (Å²) in [4.78, 5) is 16.5. The molecule has 0 bridgehead atoms. The normalized spacial score (nSPS) is 18.3. The van der Waals surface area contributed by atoms with Gasteiger partial charge in [0, 0.05) is 22.7 Å². The maximum absolute atomic E-state index is 12.1. The van der Waals surface area contributed by atoms with E-state index in [1.807, 2.05) is 36.4 Å². The van der Waals surface area contributed by atoms with Gasteiger partial charge < -0.3 is 20.3 Å². The van der Waals surface area contributed by atoms with Crippen molar-refractivity contribution in [3.05, 3.63) is 59.1 Å². The number of hydrogen-bond donors (Lipinski definition) is 3. The molecule has 1 saturated heterocycles. The average molecular weight is 435 g/mol. The van der Waals surface area contributed by atoms with Crippen molar-refractivity contribution in [3.8, 4) is 22.8 Å². The standard InChI is InChI=1S/C20H19ClN4O3.ClH/c21-15-7-5-14(6-8-15)20-24-18(25-28-20)13-3-1-12(2-4-13)11-23-19(27)17-16(26)9-10-22-17;/h1-8,16-17,22,26H,9-11H2,(H,23,27);1H/t16-,17-;/m0./s1. The molecule has 29 heavy (non-hydrogen) atoms. The molecule has 0 radical (unpaired) electrons. The number of aromatic nitrogens is 2. The number of carbonyl (C=O) groups is 1. The third-order valence-corrected chi connectivity index (χ3v) is 4.92. The first-order chi connectivity index (χ1) is 13.6. The molecule has 1 amide bonds. The highest BCUT2D eigenvalue weighted by atomic mass is 35.5. The van der Waals surface area contributed by atoms with Crippen LogP contribution < -0.4 is 10.6 Å². The van der Waals surface area contributed by atoms with Gasteiger partial charge in [-0.15, -0.1) is 12.4 Å². The van der Waals surface area contributed by atoms with Crippen molar-refractivity contribution < 1.29 is 14.4 Å². The van der Waals surface area contributed by atoms with E-state index >= 15 is 0 Å². The van der Waals surface area contributed by atoms with Crippen LogP contribution in [-0.2, 0) is 11.3 Å². The van der Waals surface area contributed by atoms with Crippen LogP contribution in [0.1, 0.15) is 12.0 Å². The lowest BCUT2D eigenvalue weighted by atomic mass is 10.1. The first kappa shape index (κ1) is 21.3. The Balaban J connectivity index is 0.00000240. The maximum Gasteiger partial charge on any atom is 0.258 e. The minimum Gasteiger partial charge on any atom is -0.391 e. The number of nitrogens with zero attached hydrogens (tertiary/aromatic N) is 2. The van der Waals surface area contributed by atoms with Crippen molar-refractivity contribution in [2.45, 2.75) is 25.1 Å². The zero-order valence-corrected chi connectivity index (χ0v) is 16.9. The van der Waals surface area contributed by atoms with Gasteiger partial charge in [-0.05, 0) is 42.8 Å². The number of aliphatic hydroxyl groups is 1. The summed E-state index contributed by atoms with van der Waals surface area (Å²) in [5.74, 6) is 0.712. The van der Waals surface area contributed by atoms with Crippen molar-refractivity contribution in [2.75, 3.05) is 6.54 Å². The van der Waals surface area contributed by atoms with E-state index in [0.29, 0.717) is 36.2 Å². The fraction of sp³-hybridized carbons (Fsp3) is 0.250. The Kier molecular flexibility index (Phi) is 6.87. The van der Waals surface area contributed by atoms with E-state index in [2.05, 4.69) is 20.8 Å². The van der Waals surface area contributed by atoms with Gasteiger partial charge in [-0.3, -0.25) is 4.79 Å². The minimum absolute atomic E-state index is 0. The molecule has 2 atom stereocenters. The number of hydrogen-bond acceptors (Lipinski definition) is 6. The zero-order valence-electron chi connectivity index (χ0n) is 15.3. The molecule has 0 unspecified atom stereocenters. The highest BCUT2D eigenvalue weighted by molar-refractivity contribution is 6.30. The molecule has 3 N–H and O–H groups in total. The van der Waals surface area contributed by atoms with Crippen molar-refractivity contribution in [3.63, 3.8) is 0 Å². The van der Waals surface area contributed by atoms with Gasteiger partial charge in [-0.25, -0.2) is 0 Å². The SMILES string of the molecule is Cl.O=C(NCc1ccc(-c2noc(-c3ccc(Cl)cc3)n2)cc1)[C@H]1NCC[C@@H]1O. The molecule has 3 aromatic rings. The first-order valence-corrected chi connectivity index (χ1v) is 9.36. The molecule has 1 aliphatic heterocycles. The number of aliphatic hydroxyl groups excluding tert-OH is 1. The largest absolute Gasteiger partial charge is 0.391 e. The summed E-state index contributed by atoms with van der Waals surface area (Å²) in [6, 6.07) is 14.2. The van der Waals surface area contributed by atoms with Crippen molar-refractivity contribution in [1.29, 1.82) is 0 Å². The van der Waals surface area contributed by atoms with Gasteiger partial charge in [-0.1, -0.05) is 41.0 Å². The minimum atomic E-state index is -0.629. The molecule has 0 spiro atoms. The number of nitrogens with one attached hydrogen (secondary N) is 2. The van der Waals surface area contributed by atoms with E-state index in [4.69, 9.17) is 16.1 Å². The fourth-order valence-corrected chi connectivity index (χ4v) is 3.20. The van der Waals surface area contributed by atoms with Gasteiger partial charge in [-0.2, -0.15) is 4.98 Å². The molecule has 1 aliphatic rings. The van der Waals surface area contributed by atoms with Gasteiger partial charge in [0.2, 0.25) is 11.7 Å². The van der Waals surface area contributed by atoms with Crippen LogP contribution in [0, 0.1) is 0 Å². The van der Waals surface area contributed by atoms with E-state index in [1.54, 1.807) is 12.1 Å². The van der Waals surface area contributed by atoms with E-state index in [0.717, 1.165) is 16.7 Å². The topological polar surface area (TPSA) is 100 Å². The van der Waals surface area contributed by atoms with Crippen LogP contribution in [0.2, 0.25) is 5.02 Å². The van der Waals surface area contributed by atoms with E-state index < -0.39 is 12.1 Å². The van der Waals surface area contributed by atoms with Crippen molar-refractivity contribution in [2.24, 2.45) is 0 Å². The van der Waals surface area contributed by atoms with Gasteiger partial charge in [0.1, 0.15) is 6.04 Å². The van der Waals surface area contributed by atoms with Crippen LogP contribution in [0.5, 0.6) is 0 Å². The molecule has 7 nitrogen and oxygen atoms in total. The maximum atomic E-state index is 12.1. The van der Waals surface area contributed by atoms with Gasteiger partial charge in [0.05, 0.1) is 6.10 Å². The second-order valence-corrected chi connectivity index (χ2v) is 7.07. The molecular formula is C20H20Cl2N4O3. The number of benzene rings is 2. The summed E-state index contributed by atoms with van der Waals surface area (Å²) in [7, 11) is 0. The summed E-state index contributed by atoms with van der Waals surface area (Å²) in [6.45, 7) is 1.03. The lowest BCUT2D eigenvalue weighted by Crippen LogP contribution is -2.45. The molecular weight excluding hydrogens is 415 g/mol. The van der Waals surface area contributed by atoms with Crippen LogP contribution in [0.15, 0.2) is 53.1 Å². The van der Waals surface area contributed by atoms with Crippen molar-refractivity contribution in [1.82, 2.24) is 20.8 Å². The number of carbonyl (C=O) groups excluding carboxylic acids is 1. The van der Waals surface area contributed by atoms with Crippen LogP contribution in [0.4, 0.5) is 0 Å². The van der Waals surface area contributed by atoms with E-state index in [-0.39, 0.29) is 18.3 Å². The van der Waals surface area contributed by atoms with Crippen LogP contribution in [-0.4, -0.2) is 39.8 Å². The van der Waals surface area contributed by atoms with Crippen LogP contribution >= 0.6 is 24.0 Å². The Morgan fingerprint density at radius 1 is 1.17 bits per heavy atom. The molecule has 0 aliphatic carbocycles. The predicted molar refractivity (Wildman–Crippen MR) is 112 cm³/mol. The monoisotopic (exact) mass is 434 g/mol. The smallest absolute Gasteiger partial charge is 0.258 e. The first-order valence-electron chi connectivity index (χ1n) is 8.98. The molecule has 9 heteroatoms. The summed E-state index contributed by atoms with van der Waals surface area (Å²) in [5.41, 5.74) is 2.54. The van der Waals surface area contributed by atoms with Gasteiger partial charge >= 0.3 is 0 Å². The Labute approximate surface area is 178 Å². The third kappa shape index (κ3) is 4.94. The Morgan fingerprint density at radius 3 is 2.52 bits per heavy atom. The highest BCUT2D eigenvalue weighted by Crippen LogP contribution is 2.23. The fourth-order valence-electron chi connectivity index (χ4n) is 3.08. The molecule has 1 fully saturated rings. The van der Waals surface area contributed by atoms with E-state index in [9.17, 15) is 9.90 Å². The third-order valence-electron chi connectivity index (χ3n) is 4.67. The Bertz CT molecular complexity index is 961. The second kappa shape index (κ2) is 9.37. The summed E-state index contributed by atoms with van der Waals surface area (Å²) >= 11 is 5.90. The second-order valence-electron chi connectivity index (χ2n) is 6.63. The Hall–Kier alpha value is -2.45. The predicted octanol–water partition coefficient (Wildman–Crippen LogP) is 2.82. The summed E-state index contributed by atoms with van der Waals surface area (Å²) < 4.78 is 5.33. The molecule has 1 aromatic heterocycles. The van der Waals surface area contributed by atoms with Gasteiger partial charge in [0.25, 0.3) is 5.89 Å². The van der Waals surface area contributed by atoms with Crippen LogP contribution in [0.25, 0.3) is 22.8 Å². The lowest BCUT2D eigenvalue weighted by Gasteiger charge is -2.14. The molecule has 152 valence electrons. The van der Waals surface area contributed by atoms with Crippen LogP contribution in [0.3, 0.4) is 0 Å². The highest BCUT2D eigenvalue weighted by Gasteiger charge is 2.30.